The van der Waals surface area contributed by atoms with Crippen LogP contribution < -0.4 is 10.2 Å². The molecule has 0 spiro atoms. The fourth-order valence-corrected chi connectivity index (χ4v) is 2.68. The van der Waals surface area contributed by atoms with Crippen molar-refractivity contribution in [2.24, 2.45) is 0 Å². The topological polar surface area (TPSA) is 49.4 Å². The number of hydrogen-bond donors (Lipinski definition) is 1. The predicted molar refractivity (Wildman–Crippen MR) is 87.4 cm³/mol. The second-order valence-electron chi connectivity index (χ2n) is 5.07. The second kappa shape index (κ2) is 6.18. The van der Waals surface area contributed by atoms with Crippen LogP contribution in [-0.2, 0) is 9.59 Å². The first-order chi connectivity index (χ1) is 11.0. The molecule has 1 fully saturated rings. The van der Waals surface area contributed by atoms with Gasteiger partial charge in [-0.3, -0.25) is 9.59 Å². The van der Waals surface area contributed by atoms with E-state index in [4.69, 9.17) is 23.2 Å². The molecule has 1 atom stereocenters. The summed E-state index contributed by atoms with van der Waals surface area (Å²) < 4.78 is 12.9. The van der Waals surface area contributed by atoms with Gasteiger partial charge in [0.25, 0.3) is 5.91 Å². The molecule has 0 aromatic heterocycles. The van der Waals surface area contributed by atoms with Gasteiger partial charge < -0.3 is 5.32 Å². The Kier molecular flexibility index (Phi) is 4.24. The molecule has 3 rings (SSSR count). The van der Waals surface area contributed by atoms with E-state index in [9.17, 15) is 14.0 Å². The van der Waals surface area contributed by atoms with Gasteiger partial charge in [-0.05, 0) is 42.5 Å². The Balaban J connectivity index is 1.82. The molecular weight excluding hydrogens is 342 g/mol. The van der Waals surface area contributed by atoms with Gasteiger partial charge in [-0.25, -0.2) is 9.29 Å². The quantitative estimate of drug-likeness (QED) is 0.852. The summed E-state index contributed by atoms with van der Waals surface area (Å²) in [6, 6.07) is 9.43. The fraction of sp³-hybridized carbons (Fsp3) is 0.125. The second-order valence-corrected chi connectivity index (χ2v) is 5.89. The lowest BCUT2D eigenvalue weighted by Gasteiger charge is -2.16. The highest BCUT2D eigenvalue weighted by atomic mass is 35.5. The van der Waals surface area contributed by atoms with Crippen LogP contribution in [0.25, 0.3) is 0 Å². The summed E-state index contributed by atoms with van der Waals surface area (Å²) >= 11 is 11.8. The third-order valence-electron chi connectivity index (χ3n) is 3.49. The number of amides is 2. The van der Waals surface area contributed by atoms with Gasteiger partial charge in [-0.1, -0.05) is 23.2 Å². The minimum atomic E-state index is -0.706. The molecule has 4 nitrogen and oxygen atoms in total. The third-order valence-corrected chi connectivity index (χ3v) is 4.23. The van der Waals surface area contributed by atoms with E-state index in [1.165, 1.54) is 36.4 Å². The highest BCUT2D eigenvalue weighted by molar-refractivity contribution is 6.42. The highest BCUT2D eigenvalue weighted by Crippen LogP contribution is 2.30. The molecule has 2 amide bonds. The van der Waals surface area contributed by atoms with E-state index in [0.717, 1.165) is 4.90 Å². The molecule has 0 aliphatic carbocycles. The zero-order chi connectivity index (χ0) is 16.6. The van der Waals surface area contributed by atoms with Crippen molar-refractivity contribution in [1.29, 1.82) is 0 Å². The molecule has 1 heterocycles. The Morgan fingerprint density at radius 1 is 1.04 bits per heavy atom. The van der Waals surface area contributed by atoms with E-state index >= 15 is 0 Å². The van der Waals surface area contributed by atoms with Crippen molar-refractivity contribution in [2.45, 2.75) is 12.5 Å². The molecule has 2 aromatic rings. The number of anilines is 2. The standard InChI is InChI=1S/C16H11Cl2FN2O2/c17-12-6-5-11(7-13(12)18)21-15(22)8-14(16(21)23)20-10-3-1-9(19)2-4-10/h1-7,14,20H,8H2/t14-/m1/s1. The van der Waals surface area contributed by atoms with Gasteiger partial charge in [0, 0.05) is 5.69 Å². The van der Waals surface area contributed by atoms with Gasteiger partial charge >= 0.3 is 0 Å². The number of rotatable bonds is 3. The molecule has 23 heavy (non-hydrogen) atoms. The van der Waals surface area contributed by atoms with Crippen molar-refractivity contribution in [2.75, 3.05) is 10.2 Å². The number of nitrogens with zero attached hydrogens (tertiary/aromatic N) is 1. The van der Waals surface area contributed by atoms with E-state index < -0.39 is 11.9 Å². The Labute approximate surface area is 141 Å². The maximum absolute atomic E-state index is 12.9. The van der Waals surface area contributed by atoms with Crippen molar-refractivity contribution >= 4 is 46.4 Å². The first-order valence-electron chi connectivity index (χ1n) is 6.79. The van der Waals surface area contributed by atoms with Crippen LogP contribution in [0.1, 0.15) is 6.42 Å². The lowest BCUT2D eigenvalue weighted by atomic mass is 10.2. The Morgan fingerprint density at radius 3 is 2.39 bits per heavy atom. The average Bonchev–Trinajstić information content (AvgIpc) is 2.79. The van der Waals surface area contributed by atoms with Crippen LogP contribution in [0.5, 0.6) is 0 Å². The SMILES string of the molecule is O=C1C[C@@H](Nc2ccc(F)cc2)C(=O)N1c1ccc(Cl)c(Cl)c1. The maximum Gasteiger partial charge on any atom is 0.256 e. The molecule has 0 radical (unpaired) electrons. The molecule has 1 saturated heterocycles. The van der Waals surface area contributed by atoms with Crippen LogP contribution in [-0.4, -0.2) is 17.9 Å². The molecule has 1 N–H and O–H groups in total. The summed E-state index contributed by atoms with van der Waals surface area (Å²) in [6.45, 7) is 0. The number of nitrogens with one attached hydrogen (secondary N) is 1. The van der Waals surface area contributed by atoms with E-state index in [1.54, 1.807) is 6.07 Å². The zero-order valence-electron chi connectivity index (χ0n) is 11.7. The Morgan fingerprint density at radius 2 is 1.74 bits per heavy atom. The van der Waals surface area contributed by atoms with Crippen LogP contribution in [0.4, 0.5) is 15.8 Å². The lowest BCUT2D eigenvalue weighted by molar-refractivity contribution is -0.121. The summed E-state index contributed by atoms with van der Waals surface area (Å²) in [6.07, 6.45) is 0.0104. The van der Waals surface area contributed by atoms with E-state index in [2.05, 4.69) is 5.32 Å². The average molecular weight is 353 g/mol. The van der Waals surface area contributed by atoms with Crippen molar-refractivity contribution in [1.82, 2.24) is 0 Å². The van der Waals surface area contributed by atoms with Crippen LogP contribution in [0, 0.1) is 5.82 Å². The van der Waals surface area contributed by atoms with E-state index in [1.807, 2.05) is 0 Å². The van der Waals surface area contributed by atoms with E-state index in [-0.39, 0.29) is 23.2 Å². The number of imide groups is 1. The van der Waals surface area contributed by atoms with Gasteiger partial charge in [-0.15, -0.1) is 0 Å². The molecule has 118 valence electrons. The smallest absolute Gasteiger partial charge is 0.256 e. The highest BCUT2D eigenvalue weighted by Gasteiger charge is 2.39. The zero-order valence-corrected chi connectivity index (χ0v) is 13.2. The van der Waals surface area contributed by atoms with Crippen LogP contribution in [0.15, 0.2) is 42.5 Å². The van der Waals surface area contributed by atoms with Crippen LogP contribution in [0.2, 0.25) is 10.0 Å². The summed E-state index contributed by atoms with van der Waals surface area (Å²) in [7, 11) is 0. The van der Waals surface area contributed by atoms with Crippen molar-refractivity contribution in [3.8, 4) is 0 Å². The maximum atomic E-state index is 12.9. The minimum absolute atomic E-state index is 0.0104. The molecule has 1 aliphatic rings. The number of carbonyl (C=O) groups is 2. The number of halogens is 3. The van der Waals surface area contributed by atoms with Gasteiger partial charge in [0.2, 0.25) is 5.91 Å². The number of benzene rings is 2. The number of carbonyl (C=O) groups excluding carboxylic acids is 2. The molecule has 0 bridgehead atoms. The first-order valence-corrected chi connectivity index (χ1v) is 7.55. The van der Waals surface area contributed by atoms with Gasteiger partial charge in [0.1, 0.15) is 11.9 Å². The molecule has 0 unspecified atom stereocenters. The molecule has 1 aliphatic heterocycles. The normalized spacial score (nSPS) is 17.7. The third kappa shape index (κ3) is 3.16. The number of hydrogen-bond acceptors (Lipinski definition) is 3. The van der Waals surface area contributed by atoms with Gasteiger partial charge in [-0.2, -0.15) is 0 Å². The molecular formula is C16H11Cl2FN2O2. The van der Waals surface area contributed by atoms with Crippen molar-refractivity contribution in [3.63, 3.8) is 0 Å². The summed E-state index contributed by atoms with van der Waals surface area (Å²) in [5, 5.41) is 3.54. The molecule has 2 aromatic carbocycles. The fourth-order valence-electron chi connectivity index (χ4n) is 2.39. The van der Waals surface area contributed by atoms with Gasteiger partial charge in [0.05, 0.1) is 22.2 Å². The minimum Gasteiger partial charge on any atom is -0.373 e. The van der Waals surface area contributed by atoms with E-state index in [0.29, 0.717) is 16.4 Å². The lowest BCUT2D eigenvalue weighted by Crippen LogP contribution is -2.34. The summed E-state index contributed by atoms with van der Waals surface area (Å²) in [4.78, 5) is 25.7. The van der Waals surface area contributed by atoms with Crippen molar-refractivity contribution < 1.29 is 14.0 Å². The van der Waals surface area contributed by atoms with Crippen LogP contribution >= 0.6 is 23.2 Å². The largest absolute Gasteiger partial charge is 0.373 e. The molecule has 0 saturated carbocycles. The van der Waals surface area contributed by atoms with Crippen molar-refractivity contribution in [3.05, 3.63) is 58.3 Å². The Hall–Kier alpha value is -2.11. The summed E-state index contributed by atoms with van der Waals surface area (Å²) in [5.41, 5.74) is 0.936. The summed E-state index contributed by atoms with van der Waals surface area (Å²) in [5.74, 6) is -1.10. The molecule has 7 heteroatoms. The van der Waals surface area contributed by atoms with Gasteiger partial charge in [0.15, 0.2) is 0 Å². The first kappa shape index (κ1) is 15.8. The Bertz CT molecular complexity index is 780. The predicted octanol–water partition coefficient (Wildman–Crippen LogP) is 3.88. The monoisotopic (exact) mass is 352 g/mol. The van der Waals surface area contributed by atoms with Crippen LogP contribution in [0.3, 0.4) is 0 Å².